The molecule has 0 unspecified atom stereocenters. The monoisotopic (exact) mass is 254 g/mol. The second-order valence-electron chi connectivity index (χ2n) is 2.98. The molecule has 0 aromatic carbocycles. The molecule has 0 saturated carbocycles. The summed E-state index contributed by atoms with van der Waals surface area (Å²) in [5.74, 6) is -0.518. The molecule has 0 atom stereocenters. The van der Waals surface area contributed by atoms with E-state index >= 15 is 0 Å². The van der Waals surface area contributed by atoms with Gasteiger partial charge in [-0.2, -0.15) is 13.2 Å². The molecule has 0 spiro atoms. The van der Waals surface area contributed by atoms with E-state index in [-0.39, 0.29) is 24.1 Å². The Morgan fingerprint density at radius 1 is 1.31 bits per heavy atom. The van der Waals surface area contributed by atoms with Crippen LogP contribution in [0.4, 0.5) is 17.6 Å². The zero-order valence-corrected chi connectivity index (χ0v) is 9.04. The minimum atomic E-state index is -4.19. The summed E-state index contributed by atoms with van der Waals surface area (Å²) in [6.45, 7) is 0.518. The van der Waals surface area contributed by atoms with Gasteiger partial charge in [-0.1, -0.05) is 0 Å². The summed E-state index contributed by atoms with van der Waals surface area (Å²) in [4.78, 5) is 3.62. The number of thioether (sulfide) groups is 1. The van der Waals surface area contributed by atoms with E-state index in [1.165, 1.54) is 12.3 Å². The number of rotatable bonds is 5. The molecule has 1 heterocycles. The normalized spacial score (nSPS) is 11.8. The van der Waals surface area contributed by atoms with Crippen LogP contribution in [0.3, 0.4) is 0 Å². The van der Waals surface area contributed by atoms with E-state index in [1.807, 2.05) is 0 Å². The molecule has 1 aromatic heterocycles. The lowest BCUT2D eigenvalue weighted by Crippen LogP contribution is -2.18. The van der Waals surface area contributed by atoms with Gasteiger partial charge in [0.25, 0.3) is 0 Å². The van der Waals surface area contributed by atoms with Crippen LogP contribution in [0.15, 0.2) is 18.5 Å². The maximum Gasteiger partial charge on any atom is 0.441 e. The van der Waals surface area contributed by atoms with Gasteiger partial charge in [0, 0.05) is 25.0 Å². The second kappa shape index (κ2) is 6.05. The number of alkyl halides is 3. The van der Waals surface area contributed by atoms with E-state index in [1.54, 1.807) is 0 Å². The third-order valence-electron chi connectivity index (χ3n) is 1.64. The molecular weight excluding hydrogens is 244 g/mol. The Morgan fingerprint density at radius 3 is 2.69 bits per heavy atom. The van der Waals surface area contributed by atoms with Gasteiger partial charge in [0.15, 0.2) is 0 Å². The maximum absolute atomic E-state index is 12.7. The van der Waals surface area contributed by atoms with Crippen molar-refractivity contribution < 1.29 is 17.6 Å². The molecule has 0 bridgehead atoms. The van der Waals surface area contributed by atoms with Gasteiger partial charge in [-0.05, 0) is 23.4 Å². The topological polar surface area (TPSA) is 24.9 Å². The van der Waals surface area contributed by atoms with Crippen LogP contribution in [0.25, 0.3) is 0 Å². The molecule has 1 rings (SSSR count). The molecular formula is C9H10F4N2S. The lowest BCUT2D eigenvalue weighted by molar-refractivity contribution is -0.0327. The van der Waals surface area contributed by atoms with E-state index in [9.17, 15) is 17.6 Å². The summed E-state index contributed by atoms with van der Waals surface area (Å²) < 4.78 is 47.9. The Balaban J connectivity index is 2.17. The Kier molecular flexibility index (Phi) is 5.01. The number of pyridine rings is 1. The van der Waals surface area contributed by atoms with Crippen molar-refractivity contribution in [3.05, 3.63) is 29.8 Å². The van der Waals surface area contributed by atoms with Gasteiger partial charge < -0.3 is 5.32 Å². The molecule has 16 heavy (non-hydrogen) atoms. The fourth-order valence-electron chi connectivity index (χ4n) is 1.02. The molecule has 1 N–H and O–H groups in total. The maximum atomic E-state index is 12.7. The van der Waals surface area contributed by atoms with E-state index in [2.05, 4.69) is 10.3 Å². The van der Waals surface area contributed by atoms with Crippen LogP contribution in [0, 0.1) is 5.82 Å². The fraction of sp³-hybridized carbons (Fsp3) is 0.444. The third-order valence-corrected chi connectivity index (χ3v) is 2.37. The highest BCUT2D eigenvalue weighted by atomic mass is 32.2. The third kappa shape index (κ3) is 5.92. The first-order valence-corrected chi connectivity index (χ1v) is 5.47. The first kappa shape index (κ1) is 13.2. The summed E-state index contributed by atoms with van der Waals surface area (Å²) in [6, 6.07) is 1.29. The van der Waals surface area contributed by atoms with Crippen LogP contribution in [-0.4, -0.2) is 22.8 Å². The van der Waals surface area contributed by atoms with Crippen LogP contribution in [0.5, 0.6) is 0 Å². The lowest BCUT2D eigenvalue weighted by atomic mass is 10.3. The van der Waals surface area contributed by atoms with Crippen molar-refractivity contribution in [1.29, 1.82) is 0 Å². The van der Waals surface area contributed by atoms with Crippen LogP contribution in [0.2, 0.25) is 0 Å². The summed E-state index contributed by atoms with van der Waals surface area (Å²) in [5, 5.41) is 2.77. The van der Waals surface area contributed by atoms with Gasteiger partial charge in [0.2, 0.25) is 0 Å². The van der Waals surface area contributed by atoms with E-state index in [0.717, 1.165) is 6.20 Å². The summed E-state index contributed by atoms with van der Waals surface area (Å²) in [5.41, 5.74) is -3.58. The second-order valence-corrected chi connectivity index (χ2v) is 4.14. The quantitative estimate of drug-likeness (QED) is 0.645. The molecule has 0 aliphatic carbocycles. The highest BCUT2D eigenvalue weighted by molar-refractivity contribution is 8.00. The molecule has 0 radical (unpaired) electrons. The average molecular weight is 254 g/mol. The minimum absolute atomic E-state index is 0.0632. The zero-order valence-electron chi connectivity index (χ0n) is 8.22. The minimum Gasteiger partial charge on any atom is -0.312 e. The van der Waals surface area contributed by atoms with E-state index < -0.39 is 11.3 Å². The average Bonchev–Trinajstić information content (AvgIpc) is 2.15. The lowest BCUT2D eigenvalue weighted by Gasteiger charge is -2.06. The number of hydrogen-bond acceptors (Lipinski definition) is 3. The highest BCUT2D eigenvalue weighted by Crippen LogP contribution is 2.29. The van der Waals surface area contributed by atoms with Crippen LogP contribution in [0.1, 0.15) is 5.56 Å². The van der Waals surface area contributed by atoms with Crippen molar-refractivity contribution in [3.8, 4) is 0 Å². The molecule has 0 amide bonds. The Bertz CT molecular complexity index is 330. The van der Waals surface area contributed by atoms with Gasteiger partial charge in [-0.3, -0.25) is 4.98 Å². The van der Waals surface area contributed by atoms with E-state index in [4.69, 9.17) is 0 Å². The summed E-state index contributed by atoms with van der Waals surface area (Å²) in [7, 11) is 0. The SMILES string of the molecule is Fc1cncc(CNCCSC(F)(F)F)c1. The number of nitrogens with one attached hydrogen (secondary N) is 1. The predicted molar refractivity (Wildman–Crippen MR) is 54.4 cm³/mol. The first-order chi connectivity index (χ1) is 7.47. The molecule has 0 fully saturated rings. The zero-order chi connectivity index (χ0) is 12.0. The largest absolute Gasteiger partial charge is 0.441 e. The Labute approximate surface area is 94.4 Å². The molecule has 0 saturated heterocycles. The van der Waals surface area contributed by atoms with Crippen molar-refractivity contribution in [2.75, 3.05) is 12.3 Å². The number of nitrogens with zero attached hydrogens (tertiary/aromatic N) is 1. The number of aromatic nitrogens is 1. The van der Waals surface area contributed by atoms with Gasteiger partial charge in [-0.15, -0.1) is 0 Å². The number of halogens is 4. The molecule has 0 aliphatic rings. The molecule has 0 aliphatic heterocycles. The van der Waals surface area contributed by atoms with Crippen molar-refractivity contribution in [3.63, 3.8) is 0 Å². The van der Waals surface area contributed by atoms with Gasteiger partial charge in [0.05, 0.1) is 6.20 Å². The van der Waals surface area contributed by atoms with Crippen LogP contribution in [-0.2, 0) is 6.54 Å². The summed E-state index contributed by atoms with van der Waals surface area (Å²) >= 11 is -0.0803. The summed E-state index contributed by atoms with van der Waals surface area (Å²) in [6.07, 6.45) is 2.54. The predicted octanol–water partition coefficient (Wildman–Crippen LogP) is 2.56. The fourth-order valence-corrected chi connectivity index (χ4v) is 1.50. The van der Waals surface area contributed by atoms with Crippen LogP contribution < -0.4 is 5.32 Å². The van der Waals surface area contributed by atoms with Crippen molar-refractivity contribution >= 4 is 11.8 Å². The van der Waals surface area contributed by atoms with Gasteiger partial charge >= 0.3 is 5.51 Å². The molecule has 1 aromatic rings. The smallest absolute Gasteiger partial charge is 0.312 e. The molecule has 7 heteroatoms. The highest BCUT2D eigenvalue weighted by Gasteiger charge is 2.27. The van der Waals surface area contributed by atoms with Crippen molar-refractivity contribution in [2.24, 2.45) is 0 Å². The Morgan fingerprint density at radius 2 is 2.06 bits per heavy atom. The number of hydrogen-bond donors (Lipinski definition) is 1. The van der Waals surface area contributed by atoms with Gasteiger partial charge in [0.1, 0.15) is 5.82 Å². The van der Waals surface area contributed by atoms with E-state index in [0.29, 0.717) is 12.1 Å². The molecule has 2 nitrogen and oxygen atoms in total. The Hall–Kier alpha value is -0.820. The first-order valence-electron chi connectivity index (χ1n) is 4.48. The van der Waals surface area contributed by atoms with Gasteiger partial charge in [-0.25, -0.2) is 4.39 Å². The van der Waals surface area contributed by atoms with Crippen molar-refractivity contribution in [1.82, 2.24) is 10.3 Å². The van der Waals surface area contributed by atoms with Crippen molar-refractivity contribution in [2.45, 2.75) is 12.1 Å². The standard InChI is InChI=1S/C9H10F4N2S/c10-8-3-7(5-15-6-8)4-14-1-2-16-9(11,12)13/h3,5-6,14H,1-2,4H2. The van der Waals surface area contributed by atoms with Crippen LogP contribution >= 0.6 is 11.8 Å². The molecule has 90 valence electrons.